The Morgan fingerprint density at radius 2 is 1.83 bits per heavy atom. The largest absolute Gasteiger partial charge is 0.336 e. The molecule has 0 aliphatic heterocycles. The average Bonchev–Trinajstić information content (AvgIpc) is 2.67. The standard InChI is InChI=1S/C10H14N4O2.2ClH/c1-3-5-14-9(15)7-8(13-10(14)16)12-6(4-2)11-7;;/h3-5H2,1-2H3,(H,11,12)(H,13,16);2*1H. The third-order valence-corrected chi connectivity index (χ3v) is 2.46. The van der Waals surface area contributed by atoms with E-state index < -0.39 is 5.69 Å². The monoisotopic (exact) mass is 294 g/mol. The number of fused-ring (bicyclic) bond motifs is 1. The topological polar surface area (TPSA) is 83.5 Å². The zero-order valence-corrected chi connectivity index (χ0v) is 11.8. The van der Waals surface area contributed by atoms with Crippen LogP contribution in [0.3, 0.4) is 0 Å². The van der Waals surface area contributed by atoms with Crippen LogP contribution in [0.25, 0.3) is 11.2 Å². The summed E-state index contributed by atoms with van der Waals surface area (Å²) < 4.78 is 1.19. The number of nitrogens with zero attached hydrogens (tertiary/aromatic N) is 2. The van der Waals surface area contributed by atoms with Gasteiger partial charge in [-0.05, 0) is 6.42 Å². The molecular formula is C10H16Cl2N4O2. The molecule has 102 valence electrons. The molecule has 6 nitrogen and oxygen atoms in total. The third-order valence-electron chi connectivity index (χ3n) is 2.46. The number of imidazole rings is 1. The summed E-state index contributed by atoms with van der Waals surface area (Å²) in [6.45, 7) is 4.27. The van der Waals surface area contributed by atoms with Gasteiger partial charge in [0, 0.05) is 13.0 Å². The Labute approximate surface area is 116 Å². The van der Waals surface area contributed by atoms with Crippen molar-refractivity contribution in [1.29, 1.82) is 0 Å². The van der Waals surface area contributed by atoms with Crippen LogP contribution in [0.15, 0.2) is 9.59 Å². The van der Waals surface area contributed by atoms with Gasteiger partial charge in [-0.3, -0.25) is 14.3 Å². The summed E-state index contributed by atoms with van der Waals surface area (Å²) in [4.78, 5) is 33.2. The van der Waals surface area contributed by atoms with Crippen molar-refractivity contribution in [1.82, 2.24) is 19.5 Å². The van der Waals surface area contributed by atoms with Crippen molar-refractivity contribution in [2.75, 3.05) is 0 Å². The minimum absolute atomic E-state index is 0. The predicted molar refractivity (Wildman–Crippen MR) is 75.1 cm³/mol. The molecule has 0 aliphatic rings. The summed E-state index contributed by atoms with van der Waals surface area (Å²) in [7, 11) is 0. The number of aromatic nitrogens is 4. The fourth-order valence-electron chi connectivity index (χ4n) is 1.66. The smallest absolute Gasteiger partial charge is 0.330 e. The predicted octanol–water partition coefficient (Wildman–Crippen LogP) is 1.23. The minimum atomic E-state index is -0.395. The van der Waals surface area contributed by atoms with Crippen LogP contribution >= 0.6 is 24.8 Å². The van der Waals surface area contributed by atoms with Crippen LogP contribution in [0.1, 0.15) is 26.1 Å². The van der Waals surface area contributed by atoms with E-state index in [0.29, 0.717) is 30.0 Å². The van der Waals surface area contributed by atoms with Gasteiger partial charge in [-0.1, -0.05) is 13.8 Å². The molecular weight excluding hydrogens is 279 g/mol. The Hall–Kier alpha value is -1.27. The molecule has 8 heteroatoms. The van der Waals surface area contributed by atoms with Crippen molar-refractivity contribution in [3.8, 4) is 0 Å². The van der Waals surface area contributed by atoms with Crippen molar-refractivity contribution in [3.63, 3.8) is 0 Å². The first-order valence-electron chi connectivity index (χ1n) is 5.39. The molecule has 0 fully saturated rings. The van der Waals surface area contributed by atoms with Gasteiger partial charge >= 0.3 is 5.69 Å². The van der Waals surface area contributed by atoms with Crippen molar-refractivity contribution in [3.05, 3.63) is 26.7 Å². The van der Waals surface area contributed by atoms with Crippen LogP contribution in [0.5, 0.6) is 0 Å². The average molecular weight is 295 g/mol. The van der Waals surface area contributed by atoms with E-state index in [1.807, 2.05) is 13.8 Å². The number of rotatable bonds is 3. The molecule has 2 N–H and O–H groups in total. The van der Waals surface area contributed by atoms with E-state index in [0.717, 1.165) is 6.42 Å². The number of aromatic amines is 2. The van der Waals surface area contributed by atoms with Gasteiger partial charge in [-0.2, -0.15) is 0 Å². The SMILES string of the molecule is CCCn1c(=O)[nH]c2nc(CC)[nH]c2c1=O.Cl.Cl. The minimum Gasteiger partial charge on any atom is -0.336 e. The number of nitrogens with one attached hydrogen (secondary N) is 2. The summed E-state index contributed by atoms with van der Waals surface area (Å²) in [5.41, 5.74) is 0.0328. The number of H-pyrrole nitrogens is 2. The lowest BCUT2D eigenvalue weighted by atomic mass is 10.4. The molecule has 2 rings (SSSR count). The van der Waals surface area contributed by atoms with Gasteiger partial charge < -0.3 is 4.98 Å². The van der Waals surface area contributed by atoms with Crippen LogP contribution < -0.4 is 11.2 Å². The lowest BCUT2D eigenvalue weighted by Crippen LogP contribution is -2.34. The van der Waals surface area contributed by atoms with E-state index in [2.05, 4.69) is 15.0 Å². The van der Waals surface area contributed by atoms with Gasteiger partial charge in [0.1, 0.15) is 11.3 Å². The second-order valence-electron chi connectivity index (χ2n) is 3.65. The molecule has 0 radical (unpaired) electrons. The highest BCUT2D eigenvalue weighted by atomic mass is 35.5. The Bertz CT molecular complexity index is 629. The second-order valence-corrected chi connectivity index (χ2v) is 3.65. The maximum atomic E-state index is 11.9. The van der Waals surface area contributed by atoms with Crippen molar-refractivity contribution in [2.45, 2.75) is 33.2 Å². The van der Waals surface area contributed by atoms with E-state index in [1.54, 1.807) is 0 Å². The quantitative estimate of drug-likeness (QED) is 0.893. The Balaban J connectivity index is 0.00000144. The third kappa shape index (κ3) is 2.76. The molecule has 0 spiro atoms. The van der Waals surface area contributed by atoms with Crippen LogP contribution in [0.2, 0.25) is 0 Å². The highest BCUT2D eigenvalue weighted by Gasteiger charge is 2.10. The van der Waals surface area contributed by atoms with Gasteiger partial charge in [0.15, 0.2) is 5.65 Å². The summed E-state index contributed by atoms with van der Waals surface area (Å²) in [5, 5.41) is 0. The maximum absolute atomic E-state index is 11.9. The molecule has 0 aromatic carbocycles. The molecule has 0 bridgehead atoms. The van der Waals surface area contributed by atoms with Crippen LogP contribution in [-0.2, 0) is 13.0 Å². The fourth-order valence-corrected chi connectivity index (χ4v) is 1.66. The molecule has 0 atom stereocenters. The van der Waals surface area contributed by atoms with E-state index in [-0.39, 0.29) is 30.4 Å². The summed E-state index contributed by atoms with van der Waals surface area (Å²) >= 11 is 0. The molecule has 0 saturated carbocycles. The molecule has 2 heterocycles. The second kappa shape index (κ2) is 6.61. The van der Waals surface area contributed by atoms with Crippen LogP contribution in [-0.4, -0.2) is 19.5 Å². The highest BCUT2D eigenvalue weighted by molar-refractivity contribution is 5.85. The van der Waals surface area contributed by atoms with E-state index >= 15 is 0 Å². The van der Waals surface area contributed by atoms with E-state index in [4.69, 9.17) is 0 Å². The number of halogens is 2. The summed E-state index contributed by atoms with van der Waals surface area (Å²) in [5.74, 6) is 0.706. The van der Waals surface area contributed by atoms with Gasteiger partial charge in [0.2, 0.25) is 0 Å². The highest BCUT2D eigenvalue weighted by Crippen LogP contribution is 2.02. The molecule has 18 heavy (non-hydrogen) atoms. The van der Waals surface area contributed by atoms with E-state index in [9.17, 15) is 9.59 Å². The first-order valence-corrected chi connectivity index (χ1v) is 5.39. The number of aryl methyl sites for hydroxylation is 1. The van der Waals surface area contributed by atoms with Gasteiger partial charge in [-0.15, -0.1) is 24.8 Å². The molecule has 2 aromatic rings. The normalized spacial score (nSPS) is 9.89. The zero-order chi connectivity index (χ0) is 11.7. The zero-order valence-electron chi connectivity index (χ0n) is 10.1. The van der Waals surface area contributed by atoms with Crippen LogP contribution in [0, 0.1) is 0 Å². The fraction of sp³-hybridized carbons (Fsp3) is 0.500. The van der Waals surface area contributed by atoms with Crippen molar-refractivity contribution < 1.29 is 0 Å². The first-order chi connectivity index (χ1) is 7.67. The Morgan fingerprint density at radius 1 is 1.17 bits per heavy atom. The van der Waals surface area contributed by atoms with Gasteiger partial charge in [0.25, 0.3) is 5.56 Å². The lowest BCUT2D eigenvalue weighted by Gasteiger charge is -2.00. The molecule has 2 aromatic heterocycles. The van der Waals surface area contributed by atoms with Crippen LogP contribution in [0.4, 0.5) is 0 Å². The first kappa shape index (κ1) is 16.7. The van der Waals surface area contributed by atoms with Gasteiger partial charge in [0.05, 0.1) is 0 Å². The molecule has 0 amide bonds. The van der Waals surface area contributed by atoms with Crippen molar-refractivity contribution >= 4 is 36.0 Å². The van der Waals surface area contributed by atoms with Crippen molar-refractivity contribution in [2.24, 2.45) is 0 Å². The summed E-state index contributed by atoms with van der Waals surface area (Å²) in [6.07, 6.45) is 1.44. The lowest BCUT2D eigenvalue weighted by molar-refractivity contribution is 0.622. The Kier molecular flexibility index (Phi) is 6.14. The Morgan fingerprint density at radius 3 is 2.39 bits per heavy atom. The number of hydrogen-bond donors (Lipinski definition) is 2. The van der Waals surface area contributed by atoms with Gasteiger partial charge in [-0.25, -0.2) is 9.78 Å². The summed E-state index contributed by atoms with van der Waals surface area (Å²) in [6, 6.07) is 0. The molecule has 0 aliphatic carbocycles. The molecule has 0 saturated heterocycles. The van der Waals surface area contributed by atoms with E-state index in [1.165, 1.54) is 4.57 Å². The number of hydrogen-bond acceptors (Lipinski definition) is 3. The molecule has 0 unspecified atom stereocenters. The maximum Gasteiger partial charge on any atom is 0.330 e.